The predicted molar refractivity (Wildman–Crippen MR) is 50.8 cm³/mol. The first-order valence-corrected chi connectivity index (χ1v) is 3.79. The van der Waals surface area contributed by atoms with E-state index in [2.05, 4.69) is 31.3 Å². The van der Waals surface area contributed by atoms with Gasteiger partial charge in [0.2, 0.25) is 0 Å². The summed E-state index contributed by atoms with van der Waals surface area (Å²) < 4.78 is 0. The topological polar surface area (TPSA) is 12.4 Å². The Morgan fingerprint density at radius 2 is 2.18 bits per heavy atom. The number of rotatable bonds is 3. The minimum absolute atomic E-state index is 0.431. The van der Waals surface area contributed by atoms with E-state index in [9.17, 15) is 0 Å². The lowest BCUT2D eigenvalue weighted by molar-refractivity contribution is 0.760. The molecule has 0 unspecified atom stereocenters. The second-order valence-corrected chi connectivity index (χ2v) is 2.51. The molecule has 0 aromatic rings. The molecule has 0 spiro atoms. The van der Waals surface area contributed by atoms with E-state index in [1.807, 2.05) is 13.0 Å². The Morgan fingerprint density at radius 3 is 2.55 bits per heavy atom. The normalized spacial score (nSPS) is 10.7. The van der Waals surface area contributed by atoms with Gasteiger partial charge < -0.3 is 0 Å². The van der Waals surface area contributed by atoms with E-state index in [4.69, 9.17) is 0 Å². The van der Waals surface area contributed by atoms with Crippen molar-refractivity contribution in [2.24, 2.45) is 10.9 Å². The Bertz CT molecular complexity index is 203. The van der Waals surface area contributed by atoms with Crippen LogP contribution in [0.2, 0.25) is 0 Å². The zero-order valence-electron chi connectivity index (χ0n) is 7.46. The molecule has 0 aromatic heterocycles. The second-order valence-electron chi connectivity index (χ2n) is 2.51. The van der Waals surface area contributed by atoms with Crippen LogP contribution in [0.4, 0.5) is 0 Å². The molecule has 0 N–H and O–H groups in total. The van der Waals surface area contributed by atoms with E-state index in [-0.39, 0.29) is 0 Å². The van der Waals surface area contributed by atoms with Gasteiger partial charge in [0.15, 0.2) is 0 Å². The smallest absolute Gasteiger partial charge is 0.0528 e. The Morgan fingerprint density at radius 1 is 1.55 bits per heavy atom. The van der Waals surface area contributed by atoms with E-state index in [1.165, 1.54) is 0 Å². The average Bonchev–Trinajstić information content (AvgIpc) is 1.97. The van der Waals surface area contributed by atoms with E-state index >= 15 is 0 Å². The third kappa shape index (κ3) is 4.35. The Kier molecular flexibility index (Phi) is 5.14. The van der Waals surface area contributed by atoms with Gasteiger partial charge in [-0.3, -0.25) is 0 Å². The minimum atomic E-state index is 0.431. The van der Waals surface area contributed by atoms with Gasteiger partial charge in [0, 0.05) is 0 Å². The van der Waals surface area contributed by atoms with Crippen LogP contribution in [0.5, 0.6) is 0 Å². The Hall–Kier alpha value is -1.07. The first-order chi connectivity index (χ1) is 5.22. The number of hydrogen-bond acceptors (Lipinski definition) is 1. The van der Waals surface area contributed by atoms with Gasteiger partial charge in [0.1, 0.15) is 0 Å². The van der Waals surface area contributed by atoms with Crippen molar-refractivity contribution in [2.45, 2.75) is 20.8 Å². The molecule has 11 heavy (non-hydrogen) atoms. The quantitative estimate of drug-likeness (QED) is 0.432. The van der Waals surface area contributed by atoms with Crippen LogP contribution in [0.15, 0.2) is 35.5 Å². The van der Waals surface area contributed by atoms with Crippen molar-refractivity contribution in [1.29, 1.82) is 0 Å². The second kappa shape index (κ2) is 5.70. The van der Waals surface area contributed by atoms with Crippen LogP contribution in [-0.2, 0) is 0 Å². The lowest BCUT2D eigenvalue weighted by atomic mass is 10.1. The van der Waals surface area contributed by atoms with Gasteiger partial charge in [-0.25, -0.2) is 4.99 Å². The molecular weight excluding hydrogens is 134 g/mol. The Balaban J connectivity index is 4.48. The summed E-state index contributed by atoms with van der Waals surface area (Å²) >= 11 is 0. The van der Waals surface area contributed by atoms with Gasteiger partial charge >= 0.3 is 0 Å². The maximum absolute atomic E-state index is 4.12. The summed E-state index contributed by atoms with van der Waals surface area (Å²) in [5.41, 5.74) is 1.01. The van der Waals surface area contributed by atoms with Crippen molar-refractivity contribution in [3.05, 3.63) is 30.5 Å². The highest BCUT2D eigenvalue weighted by Crippen LogP contribution is 2.09. The van der Waals surface area contributed by atoms with Gasteiger partial charge in [0.05, 0.1) is 5.70 Å². The lowest BCUT2D eigenvalue weighted by Gasteiger charge is -2.01. The van der Waals surface area contributed by atoms with Gasteiger partial charge in [-0.15, -0.1) is 0 Å². The summed E-state index contributed by atoms with van der Waals surface area (Å²) in [5.74, 6) is 3.23. The zero-order valence-corrected chi connectivity index (χ0v) is 7.46. The van der Waals surface area contributed by atoms with Crippen LogP contribution in [0.25, 0.3) is 0 Å². The van der Waals surface area contributed by atoms with Crippen LogP contribution in [0.1, 0.15) is 20.8 Å². The fourth-order valence-corrected chi connectivity index (χ4v) is 0.619. The Labute approximate surface area is 68.9 Å². The van der Waals surface area contributed by atoms with Crippen LogP contribution in [-0.4, -0.2) is 5.87 Å². The summed E-state index contributed by atoms with van der Waals surface area (Å²) in [6.07, 6.45) is 5.44. The van der Waals surface area contributed by atoms with Crippen molar-refractivity contribution >= 4 is 5.87 Å². The van der Waals surface area contributed by atoms with Crippen molar-refractivity contribution < 1.29 is 0 Å². The van der Waals surface area contributed by atoms with Gasteiger partial charge in [-0.05, 0) is 30.9 Å². The molecule has 0 aliphatic rings. The highest BCUT2D eigenvalue weighted by atomic mass is 14.7. The van der Waals surface area contributed by atoms with Crippen molar-refractivity contribution in [2.75, 3.05) is 0 Å². The fourth-order valence-electron chi connectivity index (χ4n) is 0.619. The van der Waals surface area contributed by atoms with Gasteiger partial charge in [0.25, 0.3) is 0 Å². The fraction of sp³-hybridized carbons (Fsp3) is 0.400. The first kappa shape index (κ1) is 9.93. The molecule has 0 amide bonds. The SMILES string of the molecule is C=CC=C(N=C=CC)C(C)C. The van der Waals surface area contributed by atoms with E-state index < -0.39 is 0 Å². The van der Waals surface area contributed by atoms with E-state index in [1.54, 1.807) is 12.2 Å². The maximum atomic E-state index is 4.12. The molecule has 1 heteroatoms. The molecule has 0 aliphatic heterocycles. The zero-order chi connectivity index (χ0) is 8.69. The van der Waals surface area contributed by atoms with Crippen LogP contribution < -0.4 is 0 Å². The standard InChI is InChI=1S/C10H15N/c1-5-7-10(9(3)4)11-8-6-2/h5-7,9H,1H2,2-4H3. The first-order valence-electron chi connectivity index (χ1n) is 3.79. The summed E-state index contributed by atoms with van der Waals surface area (Å²) in [7, 11) is 0. The van der Waals surface area contributed by atoms with Crippen molar-refractivity contribution in [1.82, 2.24) is 0 Å². The maximum Gasteiger partial charge on any atom is 0.0528 e. The van der Waals surface area contributed by atoms with Crippen LogP contribution in [0.3, 0.4) is 0 Å². The molecule has 0 radical (unpaired) electrons. The van der Waals surface area contributed by atoms with Crippen molar-refractivity contribution in [3.8, 4) is 0 Å². The molecule has 0 aromatic carbocycles. The number of nitrogens with zero attached hydrogens (tertiary/aromatic N) is 1. The summed E-state index contributed by atoms with van der Waals surface area (Å²) in [6.45, 7) is 9.70. The molecule has 0 aliphatic carbocycles. The third-order valence-corrected chi connectivity index (χ3v) is 1.20. The molecule has 0 heterocycles. The molecule has 0 bridgehead atoms. The van der Waals surface area contributed by atoms with Crippen molar-refractivity contribution in [3.63, 3.8) is 0 Å². The minimum Gasteiger partial charge on any atom is -0.211 e. The molecule has 0 atom stereocenters. The monoisotopic (exact) mass is 149 g/mol. The third-order valence-electron chi connectivity index (χ3n) is 1.20. The average molecular weight is 149 g/mol. The molecule has 0 saturated carbocycles. The molecule has 0 saturated heterocycles. The van der Waals surface area contributed by atoms with E-state index in [0.717, 1.165) is 5.70 Å². The molecule has 1 nitrogen and oxygen atoms in total. The van der Waals surface area contributed by atoms with Gasteiger partial charge in [-0.2, -0.15) is 0 Å². The van der Waals surface area contributed by atoms with Crippen LogP contribution in [0, 0.1) is 5.92 Å². The van der Waals surface area contributed by atoms with E-state index in [0.29, 0.717) is 5.92 Å². The lowest BCUT2D eigenvalue weighted by Crippen LogP contribution is -1.89. The number of allylic oxidation sites excluding steroid dienone is 4. The largest absolute Gasteiger partial charge is 0.211 e. The number of hydrogen-bond donors (Lipinski definition) is 0. The van der Waals surface area contributed by atoms with Crippen LogP contribution >= 0.6 is 0 Å². The summed E-state index contributed by atoms with van der Waals surface area (Å²) in [5, 5.41) is 0. The molecule has 60 valence electrons. The van der Waals surface area contributed by atoms with Gasteiger partial charge in [-0.1, -0.05) is 26.5 Å². The molecule has 0 rings (SSSR count). The molecule has 0 fully saturated rings. The highest BCUT2D eigenvalue weighted by molar-refractivity contribution is 5.52. The summed E-state index contributed by atoms with van der Waals surface area (Å²) in [6, 6.07) is 0. The summed E-state index contributed by atoms with van der Waals surface area (Å²) in [4.78, 5) is 4.12. The predicted octanol–water partition coefficient (Wildman–Crippen LogP) is 2.96. The molecular formula is C10H15N. The highest BCUT2D eigenvalue weighted by Gasteiger charge is 1.97. The number of aliphatic imine (C=N–C) groups is 1.